The molecule has 3 rings (SSSR count). The summed E-state index contributed by atoms with van der Waals surface area (Å²) in [4.78, 5) is 29.3. The third-order valence-corrected chi connectivity index (χ3v) is 5.25. The Bertz CT molecular complexity index is 757. The summed E-state index contributed by atoms with van der Waals surface area (Å²) in [6.07, 6.45) is 7.03. The Balaban J connectivity index is 1.93. The highest BCUT2D eigenvalue weighted by atomic mass is 79.9. The van der Waals surface area contributed by atoms with Gasteiger partial charge in [0.25, 0.3) is 11.8 Å². The van der Waals surface area contributed by atoms with E-state index in [0.717, 1.165) is 40.6 Å². The first-order valence-electron chi connectivity index (χ1n) is 6.92. The first-order chi connectivity index (χ1) is 10.6. The molecule has 2 amide bonds. The summed E-state index contributed by atoms with van der Waals surface area (Å²) in [7, 11) is 0. The monoisotopic (exact) mass is 379 g/mol. The van der Waals surface area contributed by atoms with Crippen molar-refractivity contribution in [3.8, 4) is 0 Å². The lowest BCUT2D eigenvalue weighted by molar-refractivity contribution is 0.100. The van der Waals surface area contributed by atoms with E-state index >= 15 is 0 Å². The zero-order valence-corrected chi connectivity index (χ0v) is 14.1. The average molecular weight is 380 g/mol. The summed E-state index contributed by atoms with van der Waals surface area (Å²) in [5.74, 6) is -0.781. The van der Waals surface area contributed by atoms with Crippen molar-refractivity contribution in [1.29, 1.82) is 0 Å². The van der Waals surface area contributed by atoms with Gasteiger partial charge in [-0.1, -0.05) is 0 Å². The number of aromatic nitrogens is 1. The molecule has 3 N–H and O–H groups in total. The van der Waals surface area contributed by atoms with Gasteiger partial charge in [-0.25, -0.2) is 0 Å². The highest BCUT2D eigenvalue weighted by Crippen LogP contribution is 2.38. The number of primary amides is 1. The third kappa shape index (κ3) is 2.91. The lowest BCUT2D eigenvalue weighted by Crippen LogP contribution is -2.18. The SMILES string of the molecule is NC(=O)c1c(NC(=O)c2cncc(Br)c2)sc2c1CCCC2. The van der Waals surface area contributed by atoms with Crippen LogP contribution in [0.1, 0.15) is 44.0 Å². The Labute approximate surface area is 140 Å². The predicted molar refractivity (Wildman–Crippen MR) is 89.4 cm³/mol. The largest absolute Gasteiger partial charge is 0.365 e. The van der Waals surface area contributed by atoms with Crippen LogP contribution in [0.25, 0.3) is 0 Å². The average Bonchev–Trinajstić information content (AvgIpc) is 2.85. The lowest BCUT2D eigenvalue weighted by atomic mass is 9.95. The molecule has 0 saturated heterocycles. The molecule has 2 aromatic rings. The first-order valence-corrected chi connectivity index (χ1v) is 8.53. The molecule has 114 valence electrons. The van der Waals surface area contributed by atoms with Gasteiger partial charge in [0.05, 0.1) is 11.1 Å². The van der Waals surface area contributed by atoms with Crippen LogP contribution in [-0.2, 0) is 12.8 Å². The van der Waals surface area contributed by atoms with Crippen LogP contribution in [0, 0.1) is 0 Å². The van der Waals surface area contributed by atoms with Gasteiger partial charge in [0.2, 0.25) is 0 Å². The number of nitrogens with zero attached hydrogens (tertiary/aromatic N) is 1. The molecule has 22 heavy (non-hydrogen) atoms. The van der Waals surface area contributed by atoms with E-state index in [9.17, 15) is 9.59 Å². The quantitative estimate of drug-likeness (QED) is 0.858. The molecule has 2 aromatic heterocycles. The maximum atomic E-state index is 12.3. The number of pyridine rings is 1. The van der Waals surface area contributed by atoms with E-state index in [1.54, 1.807) is 12.3 Å². The molecule has 1 aliphatic carbocycles. The number of thiophene rings is 1. The molecule has 0 aromatic carbocycles. The van der Waals surface area contributed by atoms with Crippen molar-refractivity contribution >= 4 is 44.1 Å². The van der Waals surface area contributed by atoms with Crippen LogP contribution in [0.4, 0.5) is 5.00 Å². The molecule has 0 unspecified atom stereocenters. The van der Waals surface area contributed by atoms with Gasteiger partial charge in [-0.15, -0.1) is 11.3 Å². The number of hydrogen-bond acceptors (Lipinski definition) is 4. The maximum Gasteiger partial charge on any atom is 0.257 e. The number of aryl methyl sites for hydroxylation is 1. The Morgan fingerprint density at radius 2 is 2.05 bits per heavy atom. The molecule has 0 radical (unpaired) electrons. The Morgan fingerprint density at radius 3 is 2.77 bits per heavy atom. The van der Waals surface area contributed by atoms with Crippen LogP contribution >= 0.6 is 27.3 Å². The highest BCUT2D eigenvalue weighted by Gasteiger charge is 2.25. The topological polar surface area (TPSA) is 85.1 Å². The molecule has 2 heterocycles. The minimum atomic E-state index is -0.484. The van der Waals surface area contributed by atoms with Crippen LogP contribution in [-0.4, -0.2) is 16.8 Å². The summed E-state index contributed by atoms with van der Waals surface area (Å²) in [6.45, 7) is 0. The van der Waals surface area contributed by atoms with Crippen molar-refractivity contribution in [3.63, 3.8) is 0 Å². The molecule has 0 bridgehead atoms. The molecule has 0 atom stereocenters. The lowest BCUT2D eigenvalue weighted by Gasteiger charge is -2.11. The van der Waals surface area contributed by atoms with Gasteiger partial charge in [-0.3, -0.25) is 14.6 Å². The van der Waals surface area contributed by atoms with E-state index in [-0.39, 0.29) is 5.91 Å². The van der Waals surface area contributed by atoms with Crippen molar-refractivity contribution in [2.24, 2.45) is 5.73 Å². The van der Waals surface area contributed by atoms with E-state index < -0.39 is 5.91 Å². The number of fused-ring (bicyclic) bond motifs is 1. The van der Waals surface area contributed by atoms with E-state index in [4.69, 9.17) is 5.73 Å². The van der Waals surface area contributed by atoms with Crippen molar-refractivity contribution in [1.82, 2.24) is 4.98 Å². The van der Waals surface area contributed by atoms with E-state index in [1.165, 1.54) is 17.5 Å². The molecule has 1 aliphatic rings. The zero-order valence-electron chi connectivity index (χ0n) is 11.7. The molecule has 7 heteroatoms. The maximum absolute atomic E-state index is 12.3. The van der Waals surface area contributed by atoms with Crippen molar-refractivity contribution in [3.05, 3.63) is 44.5 Å². The number of carbonyl (C=O) groups is 2. The minimum absolute atomic E-state index is 0.296. The molecule has 5 nitrogen and oxygen atoms in total. The predicted octanol–water partition coefficient (Wildman–Crippen LogP) is 3.14. The number of hydrogen-bond donors (Lipinski definition) is 2. The summed E-state index contributed by atoms with van der Waals surface area (Å²) in [5, 5.41) is 3.36. The molecule has 0 saturated carbocycles. The van der Waals surface area contributed by atoms with Gasteiger partial charge in [0.1, 0.15) is 5.00 Å². The van der Waals surface area contributed by atoms with Gasteiger partial charge >= 0.3 is 0 Å². The van der Waals surface area contributed by atoms with Crippen LogP contribution in [0.3, 0.4) is 0 Å². The van der Waals surface area contributed by atoms with E-state index in [2.05, 4.69) is 26.2 Å². The second-order valence-corrected chi connectivity index (χ2v) is 7.15. The van der Waals surface area contributed by atoms with Gasteiger partial charge in [0.15, 0.2) is 0 Å². The first kappa shape index (κ1) is 15.2. The molecule has 0 aliphatic heterocycles. The molecule has 0 spiro atoms. The van der Waals surface area contributed by atoms with Gasteiger partial charge in [-0.05, 0) is 53.2 Å². The number of nitrogens with two attached hydrogens (primary N) is 1. The Hall–Kier alpha value is -1.73. The Morgan fingerprint density at radius 1 is 1.27 bits per heavy atom. The number of anilines is 1. The number of rotatable bonds is 3. The molecular weight excluding hydrogens is 366 g/mol. The highest BCUT2D eigenvalue weighted by molar-refractivity contribution is 9.10. The minimum Gasteiger partial charge on any atom is -0.365 e. The normalized spacial score (nSPS) is 13.5. The summed E-state index contributed by atoms with van der Waals surface area (Å²) in [6, 6.07) is 1.68. The third-order valence-electron chi connectivity index (χ3n) is 3.61. The van der Waals surface area contributed by atoms with Crippen LogP contribution in [0.2, 0.25) is 0 Å². The van der Waals surface area contributed by atoms with Crippen molar-refractivity contribution < 1.29 is 9.59 Å². The number of halogens is 1. The van der Waals surface area contributed by atoms with Crippen LogP contribution in [0.5, 0.6) is 0 Å². The number of carbonyl (C=O) groups excluding carboxylic acids is 2. The fourth-order valence-electron chi connectivity index (χ4n) is 2.63. The van der Waals surface area contributed by atoms with Crippen LogP contribution in [0.15, 0.2) is 22.9 Å². The molecule has 0 fully saturated rings. The van der Waals surface area contributed by atoms with E-state index in [0.29, 0.717) is 16.1 Å². The smallest absolute Gasteiger partial charge is 0.257 e. The fourth-order valence-corrected chi connectivity index (χ4v) is 4.28. The summed E-state index contributed by atoms with van der Waals surface area (Å²) in [5.41, 5.74) is 7.42. The Kier molecular flexibility index (Phi) is 4.26. The van der Waals surface area contributed by atoms with Gasteiger partial charge < -0.3 is 11.1 Å². The second kappa shape index (κ2) is 6.18. The van der Waals surface area contributed by atoms with E-state index in [1.807, 2.05) is 0 Å². The summed E-state index contributed by atoms with van der Waals surface area (Å²) < 4.78 is 0.723. The summed E-state index contributed by atoms with van der Waals surface area (Å²) >= 11 is 4.74. The van der Waals surface area contributed by atoms with Gasteiger partial charge in [0, 0.05) is 21.7 Å². The number of nitrogens with one attached hydrogen (secondary N) is 1. The van der Waals surface area contributed by atoms with Gasteiger partial charge in [-0.2, -0.15) is 0 Å². The van der Waals surface area contributed by atoms with Crippen molar-refractivity contribution in [2.45, 2.75) is 25.7 Å². The second-order valence-electron chi connectivity index (χ2n) is 5.13. The van der Waals surface area contributed by atoms with Crippen molar-refractivity contribution in [2.75, 3.05) is 5.32 Å². The van der Waals surface area contributed by atoms with Crippen LogP contribution < -0.4 is 11.1 Å². The fraction of sp³-hybridized carbons (Fsp3) is 0.267. The zero-order chi connectivity index (χ0) is 15.7. The molecular formula is C15H14BrN3O2S. The number of amides is 2. The standard InChI is InChI=1S/C15H14BrN3O2S/c16-9-5-8(6-18-7-9)14(21)19-15-12(13(17)20)10-3-1-2-4-11(10)22-15/h5-7H,1-4H2,(H2,17,20)(H,19,21).